The molecule has 4 aromatic heterocycles. The van der Waals surface area contributed by atoms with E-state index >= 15 is 8.78 Å². The van der Waals surface area contributed by atoms with Crippen LogP contribution < -0.4 is 5.56 Å². The van der Waals surface area contributed by atoms with E-state index in [2.05, 4.69) is 10.1 Å². The maximum Gasteiger partial charge on any atom is 0.274 e. The largest absolute Gasteiger partial charge is 0.277 e. The quantitative estimate of drug-likeness (QED) is 0.263. The lowest BCUT2D eigenvalue weighted by Gasteiger charge is -2.18. The number of nitrogens with zero attached hydrogens (tertiary/aromatic N) is 4. The van der Waals surface area contributed by atoms with Crippen LogP contribution in [0.3, 0.4) is 0 Å². The number of rotatable bonds is 5. The molecule has 0 amide bonds. The lowest BCUT2D eigenvalue weighted by atomic mass is 10.0. The van der Waals surface area contributed by atoms with Crippen molar-refractivity contribution in [2.75, 3.05) is 6.26 Å². The summed E-state index contributed by atoms with van der Waals surface area (Å²) in [5, 5.41) is 4.28. The van der Waals surface area contributed by atoms with Gasteiger partial charge < -0.3 is 0 Å². The van der Waals surface area contributed by atoms with Gasteiger partial charge >= 0.3 is 0 Å². The fourth-order valence-corrected chi connectivity index (χ4v) is 6.39. The predicted octanol–water partition coefficient (Wildman–Crippen LogP) is 5.77. The molecule has 1 aliphatic carbocycles. The van der Waals surface area contributed by atoms with Crippen molar-refractivity contribution in [3.63, 3.8) is 0 Å². The Kier molecular flexibility index (Phi) is 6.15. The zero-order valence-electron chi connectivity index (χ0n) is 21.7. The Morgan fingerprint density at radius 2 is 1.82 bits per heavy atom. The van der Waals surface area contributed by atoms with Crippen LogP contribution in [-0.2, 0) is 9.84 Å². The molecule has 204 valence electrons. The fraction of sp³-hybridized carbons (Fsp3) is 0.207. The van der Waals surface area contributed by atoms with E-state index in [1.165, 1.54) is 18.3 Å². The van der Waals surface area contributed by atoms with Gasteiger partial charge in [-0.05, 0) is 79.1 Å². The molecule has 1 unspecified atom stereocenters. The van der Waals surface area contributed by atoms with Gasteiger partial charge in [-0.15, -0.1) is 0 Å². The summed E-state index contributed by atoms with van der Waals surface area (Å²) in [6, 6.07) is 11.4. The summed E-state index contributed by atoms with van der Waals surface area (Å²) < 4.78 is 58.3. The number of hydrogen-bond donors (Lipinski definition) is 0. The van der Waals surface area contributed by atoms with Crippen molar-refractivity contribution < 1.29 is 17.2 Å². The van der Waals surface area contributed by atoms with E-state index in [-0.39, 0.29) is 28.1 Å². The minimum atomic E-state index is -3.91. The number of pyridine rings is 3. The number of aromatic nitrogens is 4. The van der Waals surface area contributed by atoms with E-state index < -0.39 is 37.6 Å². The molecule has 40 heavy (non-hydrogen) atoms. The van der Waals surface area contributed by atoms with Crippen molar-refractivity contribution in [2.24, 2.45) is 0 Å². The first kappa shape index (κ1) is 26.3. The van der Waals surface area contributed by atoms with Crippen molar-refractivity contribution in [3.05, 3.63) is 110 Å². The number of hydrogen-bond acceptors (Lipinski definition) is 5. The monoisotopic (exact) mass is 580 g/mol. The number of benzene rings is 1. The van der Waals surface area contributed by atoms with Gasteiger partial charge in [-0.1, -0.05) is 23.7 Å². The third-order valence-corrected chi connectivity index (χ3v) is 8.91. The van der Waals surface area contributed by atoms with Gasteiger partial charge in [0.1, 0.15) is 15.6 Å². The highest BCUT2D eigenvalue weighted by atomic mass is 35.5. The summed E-state index contributed by atoms with van der Waals surface area (Å²) in [5.74, 6) is -1.89. The first-order chi connectivity index (χ1) is 19.0. The standard InChI is InChI=1S/C29H23ClF2N4O3S/c1-15-13-33-27(19-5-4-6-23(25(19)31)40(3,38)39)26(32)28(15)36-16(2)11-22(24(30)29(36)37)21-12-20(21)17-7-8-18-9-10-34-35(18)14-17/h4-11,13-14,20-21H,12H2,1-3H3/t20?,21-/m1/s1. The molecule has 4 heterocycles. The van der Waals surface area contributed by atoms with Gasteiger partial charge in [-0.25, -0.2) is 21.7 Å². The third kappa shape index (κ3) is 4.22. The Bertz CT molecular complexity index is 2020. The maximum absolute atomic E-state index is 16.1. The molecule has 0 aliphatic heterocycles. The normalized spacial score (nSPS) is 16.9. The van der Waals surface area contributed by atoms with Gasteiger partial charge in [0, 0.05) is 36.1 Å². The Morgan fingerprint density at radius 3 is 2.58 bits per heavy atom. The van der Waals surface area contributed by atoms with E-state index in [1.54, 1.807) is 30.6 Å². The highest BCUT2D eigenvalue weighted by Crippen LogP contribution is 2.55. The van der Waals surface area contributed by atoms with Crippen LogP contribution in [0.4, 0.5) is 8.78 Å². The van der Waals surface area contributed by atoms with E-state index in [4.69, 9.17) is 11.6 Å². The molecule has 1 aromatic carbocycles. The molecule has 1 saturated carbocycles. The van der Waals surface area contributed by atoms with Crippen LogP contribution in [0.5, 0.6) is 0 Å². The lowest BCUT2D eigenvalue weighted by molar-refractivity contribution is 0.569. The van der Waals surface area contributed by atoms with Crippen LogP contribution >= 0.6 is 11.6 Å². The molecular formula is C29H23ClF2N4O3S. The summed E-state index contributed by atoms with van der Waals surface area (Å²) in [5.41, 5.74) is 2.05. The molecule has 7 nitrogen and oxygen atoms in total. The smallest absolute Gasteiger partial charge is 0.274 e. The fourth-order valence-electron chi connectivity index (χ4n) is 5.35. The van der Waals surface area contributed by atoms with Crippen LogP contribution in [0.1, 0.15) is 40.6 Å². The number of sulfone groups is 1. The van der Waals surface area contributed by atoms with Gasteiger partial charge in [-0.2, -0.15) is 5.10 Å². The first-order valence-electron chi connectivity index (χ1n) is 12.5. The zero-order chi connectivity index (χ0) is 28.5. The molecule has 11 heteroatoms. The minimum absolute atomic E-state index is 0.0133. The Hall–Kier alpha value is -3.89. The molecule has 6 rings (SSSR count). The Balaban J connectivity index is 1.43. The summed E-state index contributed by atoms with van der Waals surface area (Å²) in [4.78, 5) is 17.1. The average Bonchev–Trinajstić information content (AvgIpc) is 3.55. The zero-order valence-corrected chi connectivity index (χ0v) is 23.3. The second-order valence-electron chi connectivity index (χ2n) is 10.1. The molecule has 5 aromatic rings. The van der Waals surface area contributed by atoms with Gasteiger partial charge in [0.15, 0.2) is 21.5 Å². The number of halogens is 3. The van der Waals surface area contributed by atoms with Gasteiger partial charge in [0.05, 0.1) is 11.2 Å². The summed E-state index contributed by atoms with van der Waals surface area (Å²) in [7, 11) is -3.91. The van der Waals surface area contributed by atoms with Crippen LogP contribution in [0.2, 0.25) is 5.02 Å². The van der Waals surface area contributed by atoms with Crippen molar-refractivity contribution >= 4 is 27.0 Å². The highest BCUT2D eigenvalue weighted by Gasteiger charge is 2.42. The third-order valence-electron chi connectivity index (χ3n) is 7.42. The molecule has 0 spiro atoms. The molecule has 0 bridgehead atoms. The van der Waals surface area contributed by atoms with Gasteiger partial charge in [-0.3, -0.25) is 14.3 Å². The first-order valence-corrected chi connectivity index (χ1v) is 14.7. The summed E-state index contributed by atoms with van der Waals surface area (Å²) in [6.07, 6.45) is 6.68. The number of fused-ring (bicyclic) bond motifs is 1. The lowest BCUT2D eigenvalue weighted by Crippen LogP contribution is -2.24. The molecule has 1 aliphatic rings. The summed E-state index contributed by atoms with van der Waals surface area (Å²) in [6.45, 7) is 3.26. The van der Waals surface area contributed by atoms with Gasteiger partial charge in [0.25, 0.3) is 5.56 Å². The molecule has 0 radical (unpaired) electrons. The SMILES string of the molecule is Cc1cnc(-c2cccc(S(C)(=O)=O)c2F)c(F)c1-n1c(C)cc([C@@H]2CC2c2ccc3ccnn3c2)c(Cl)c1=O. The average molecular weight is 581 g/mol. The Morgan fingerprint density at radius 1 is 1.05 bits per heavy atom. The van der Waals surface area contributed by atoms with Crippen molar-refractivity contribution in [3.8, 4) is 16.9 Å². The van der Waals surface area contributed by atoms with E-state index in [0.29, 0.717) is 16.8 Å². The van der Waals surface area contributed by atoms with E-state index in [0.717, 1.165) is 34.4 Å². The van der Waals surface area contributed by atoms with Crippen LogP contribution in [0.25, 0.3) is 22.5 Å². The van der Waals surface area contributed by atoms with E-state index in [1.807, 2.05) is 24.4 Å². The Labute approximate surface area is 233 Å². The molecule has 0 saturated heterocycles. The van der Waals surface area contributed by atoms with Crippen molar-refractivity contribution in [1.29, 1.82) is 0 Å². The minimum Gasteiger partial charge on any atom is -0.277 e. The van der Waals surface area contributed by atoms with Gasteiger partial charge in [0.2, 0.25) is 0 Å². The van der Waals surface area contributed by atoms with Crippen LogP contribution in [0.15, 0.2) is 70.7 Å². The molecule has 0 N–H and O–H groups in total. The molecule has 1 fully saturated rings. The second kappa shape index (κ2) is 9.35. The maximum atomic E-state index is 16.1. The van der Waals surface area contributed by atoms with Crippen LogP contribution in [-0.4, -0.2) is 33.8 Å². The molecular weight excluding hydrogens is 558 g/mol. The number of aryl methyl sites for hydroxylation is 2. The van der Waals surface area contributed by atoms with Crippen molar-refractivity contribution in [2.45, 2.75) is 37.0 Å². The summed E-state index contributed by atoms with van der Waals surface area (Å²) >= 11 is 6.63. The second-order valence-corrected chi connectivity index (χ2v) is 12.5. The molecule has 2 atom stereocenters. The van der Waals surface area contributed by atoms with Crippen molar-refractivity contribution in [1.82, 2.24) is 19.2 Å². The van der Waals surface area contributed by atoms with Crippen LogP contribution in [0, 0.1) is 25.5 Å². The van der Waals surface area contributed by atoms with E-state index in [9.17, 15) is 13.2 Å². The highest BCUT2D eigenvalue weighted by molar-refractivity contribution is 7.90. The predicted molar refractivity (Wildman–Crippen MR) is 148 cm³/mol. The topological polar surface area (TPSA) is 86.3 Å².